The van der Waals surface area contributed by atoms with E-state index in [1.807, 2.05) is 6.92 Å². The number of hydrogen-bond donors (Lipinski definition) is 0. The fourth-order valence-electron chi connectivity index (χ4n) is 5.39. The van der Waals surface area contributed by atoms with Gasteiger partial charge in [-0.15, -0.1) is 0 Å². The molecule has 0 radical (unpaired) electrons. The Morgan fingerprint density at radius 2 is 0.805 bits per heavy atom. The fourth-order valence-corrected chi connectivity index (χ4v) is 5.39. The van der Waals surface area contributed by atoms with E-state index in [9.17, 15) is 9.59 Å². The molecule has 244 valence electrons. The molecule has 4 heteroatoms. The zero-order valence-corrected chi connectivity index (χ0v) is 28.6. The molecule has 0 aliphatic heterocycles. The highest BCUT2D eigenvalue weighted by molar-refractivity contribution is 5.72. The van der Waals surface area contributed by atoms with Crippen LogP contribution in [0.5, 0.6) is 0 Å². The molecule has 41 heavy (non-hydrogen) atoms. The molecule has 0 heterocycles. The summed E-state index contributed by atoms with van der Waals surface area (Å²) in [6.45, 7) is 14.5. The van der Waals surface area contributed by atoms with Gasteiger partial charge in [0.2, 0.25) is 0 Å². The van der Waals surface area contributed by atoms with Crippen LogP contribution in [0.25, 0.3) is 0 Å². The summed E-state index contributed by atoms with van der Waals surface area (Å²) in [5.74, 6) is 1.95. The first-order chi connectivity index (χ1) is 19.7. The van der Waals surface area contributed by atoms with Gasteiger partial charge < -0.3 is 9.47 Å². The van der Waals surface area contributed by atoms with E-state index in [-0.39, 0.29) is 17.9 Å². The van der Waals surface area contributed by atoms with Crippen LogP contribution < -0.4 is 0 Å². The van der Waals surface area contributed by atoms with Crippen molar-refractivity contribution in [1.29, 1.82) is 0 Å². The lowest BCUT2D eigenvalue weighted by Crippen LogP contribution is -2.22. The van der Waals surface area contributed by atoms with Crippen LogP contribution in [-0.4, -0.2) is 25.2 Å². The van der Waals surface area contributed by atoms with Crippen molar-refractivity contribution in [2.75, 3.05) is 13.2 Å². The van der Waals surface area contributed by atoms with Gasteiger partial charge in [-0.2, -0.15) is 0 Å². The van der Waals surface area contributed by atoms with Crippen LogP contribution in [0.3, 0.4) is 0 Å². The van der Waals surface area contributed by atoms with Crippen LogP contribution in [0.2, 0.25) is 0 Å². The van der Waals surface area contributed by atoms with Crippen LogP contribution in [-0.2, 0) is 19.1 Å². The van der Waals surface area contributed by atoms with Gasteiger partial charge in [0, 0.05) is 6.42 Å². The van der Waals surface area contributed by atoms with Gasteiger partial charge in [0.1, 0.15) is 0 Å². The number of carbonyl (C=O) groups is 2. The van der Waals surface area contributed by atoms with E-state index >= 15 is 0 Å². The molecule has 0 bridgehead atoms. The monoisotopic (exact) mass is 581 g/mol. The molecule has 0 aromatic rings. The molecule has 0 rings (SSSR count). The number of unbranched alkanes of at least 4 members (excludes halogenated alkanes) is 16. The summed E-state index contributed by atoms with van der Waals surface area (Å²) >= 11 is 0. The van der Waals surface area contributed by atoms with E-state index in [0.29, 0.717) is 25.6 Å². The minimum absolute atomic E-state index is 0.000337. The summed E-state index contributed by atoms with van der Waals surface area (Å²) in [6.07, 6.45) is 27.7. The first kappa shape index (κ1) is 39.9. The third-order valence-electron chi connectivity index (χ3n) is 8.62. The summed E-state index contributed by atoms with van der Waals surface area (Å²) in [4.78, 5) is 24.1. The largest absolute Gasteiger partial charge is 0.466 e. The lowest BCUT2D eigenvalue weighted by molar-refractivity contribution is -0.150. The van der Waals surface area contributed by atoms with Gasteiger partial charge >= 0.3 is 11.9 Å². The molecular weight excluding hydrogens is 508 g/mol. The van der Waals surface area contributed by atoms with E-state index < -0.39 is 0 Å². The smallest absolute Gasteiger partial charge is 0.308 e. The maximum Gasteiger partial charge on any atom is 0.308 e. The van der Waals surface area contributed by atoms with E-state index in [0.717, 1.165) is 50.4 Å². The molecule has 0 N–H and O–H groups in total. The number of esters is 2. The summed E-state index contributed by atoms with van der Waals surface area (Å²) in [5, 5.41) is 0. The zero-order valence-electron chi connectivity index (χ0n) is 28.6. The third-order valence-corrected chi connectivity index (χ3v) is 8.62. The molecule has 0 spiro atoms. The van der Waals surface area contributed by atoms with Crippen molar-refractivity contribution in [2.24, 2.45) is 23.7 Å². The van der Waals surface area contributed by atoms with Gasteiger partial charge in [-0.05, 0) is 43.4 Å². The Morgan fingerprint density at radius 1 is 0.439 bits per heavy atom. The van der Waals surface area contributed by atoms with Crippen molar-refractivity contribution in [1.82, 2.24) is 0 Å². The predicted molar refractivity (Wildman–Crippen MR) is 176 cm³/mol. The molecule has 0 aliphatic carbocycles. The number of hydrogen-bond acceptors (Lipinski definition) is 4. The van der Waals surface area contributed by atoms with Gasteiger partial charge in [0.05, 0.1) is 19.1 Å². The van der Waals surface area contributed by atoms with Gasteiger partial charge in [0.25, 0.3) is 0 Å². The Bertz CT molecular complexity index is 585. The molecular formula is C37H72O4. The van der Waals surface area contributed by atoms with Crippen LogP contribution in [0.4, 0.5) is 0 Å². The predicted octanol–water partition coefficient (Wildman–Crippen LogP) is 11.6. The van der Waals surface area contributed by atoms with Gasteiger partial charge in [0.15, 0.2) is 0 Å². The van der Waals surface area contributed by atoms with Crippen molar-refractivity contribution in [3.63, 3.8) is 0 Å². The number of ether oxygens (including phenoxy) is 2. The molecule has 0 saturated heterocycles. The Labute approximate surface area is 256 Å². The normalized spacial score (nSPS) is 13.1. The highest BCUT2D eigenvalue weighted by Gasteiger charge is 2.21. The topological polar surface area (TPSA) is 52.6 Å². The fraction of sp³-hybridized carbons (Fsp3) is 0.946. The highest BCUT2D eigenvalue weighted by Crippen LogP contribution is 2.21. The lowest BCUT2D eigenvalue weighted by Gasteiger charge is -2.18. The van der Waals surface area contributed by atoms with E-state index in [1.54, 1.807) is 0 Å². The zero-order chi connectivity index (χ0) is 30.6. The summed E-state index contributed by atoms with van der Waals surface area (Å²) < 4.78 is 10.9. The Kier molecular flexibility index (Phi) is 28.3. The molecule has 0 fully saturated rings. The van der Waals surface area contributed by atoms with Crippen LogP contribution >= 0.6 is 0 Å². The Hall–Kier alpha value is -1.06. The van der Waals surface area contributed by atoms with Crippen LogP contribution in [0.1, 0.15) is 189 Å². The summed E-state index contributed by atoms with van der Waals surface area (Å²) in [7, 11) is 0. The van der Waals surface area contributed by atoms with Crippen molar-refractivity contribution in [3.05, 3.63) is 0 Å². The molecule has 2 unspecified atom stereocenters. The summed E-state index contributed by atoms with van der Waals surface area (Å²) in [5.41, 5.74) is 0. The van der Waals surface area contributed by atoms with Crippen molar-refractivity contribution in [3.8, 4) is 0 Å². The van der Waals surface area contributed by atoms with Crippen LogP contribution in [0.15, 0.2) is 0 Å². The number of rotatable bonds is 30. The average molecular weight is 581 g/mol. The lowest BCUT2D eigenvalue weighted by atomic mass is 9.90. The van der Waals surface area contributed by atoms with E-state index in [1.165, 1.54) is 103 Å². The van der Waals surface area contributed by atoms with E-state index in [4.69, 9.17) is 9.47 Å². The van der Waals surface area contributed by atoms with Crippen molar-refractivity contribution in [2.45, 2.75) is 189 Å². The summed E-state index contributed by atoms with van der Waals surface area (Å²) in [6, 6.07) is 0. The molecule has 0 aromatic carbocycles. The SMILES string of the molecule is CC(C)CCCCCOC(=O)CCCCCCCCCCCCCCCC(C)C(C)C(=O)OCCCCCC(C)C. The standard InChI is InChI=1S/C37H72O4/c1-32(2)26-20-18-24-30-40-36(38)29-23-17-15-13-11-9-7-8-10-12-14-16-22-28-34(5)35(6)37(39)41-31-25-19-21-27-33(3)4/h32-35H,7-31H2,1-6H3. The van der Waals surface area contributed by atoms with Gasteiger partial charge in [-0.3, -0.25) is 9.59 Å². The Balaban J connectivity index is 3.40. The first-order valence-electron chi connectivity index (χ1n) is 18.1. The molecule has 0 saturated carbocycles. The van der Waals surface area contributed by atoms with Gasteiger partial charge in [-0.25, -0.2) is 0 Å². The van der Waals surface area contributed by atoms with Crippen molar-refractivity contribution < 1.29 is 19.1 Å². The highest BCUT2D eigenvalue weighted by atomic mass is 16.5. The second kappa shape index (κ2) is 29.0. The van der Waals surface area contributed by atoms with Gasteiger partial charge in [-0.1, -0.05) is 157 Å². The molecule has 4 nitrogen and oxygen atoms in total. The molecule has 0 amide bonds. The first-order valence-corrected chi connectivity index (χ1v) is 18.1. The third kappa shape index (κ3) is 28.8. The maximum absolute atomic E-state index is 12.3. The quantitative estimate of drug-likeness (QED) is 0.0626. The maximum atomic E-state index is 12.3. The second-order valence-corrected chi connectivity index (χ2v) is 13.8. The minimum atomic E-state index is -0.00351. The number of carbonyl (C=O) groups excluding carboxylic acids is 2. The van der Waals surface area contributed by atoms with Crippen LogP contribution in [0, 0.1) is 23.7 Å². The molecule has 0 aliphatic rings. The molecule has 0 aromatic heterocycles. The second-order valence-electron chi connectivity index (χ2n) is 13.8. The Morgan fingerprint density at radius 3 is 1.27 bits per heavy atom. The van der Waals surface area contributed by atoms with E-state index in [2.05, 4.69) is 34.6 Å². The van der Waals surface area contributed by atoms with Crippen molar-refractivity contribution >= 4 is 11.9 Å². The minimum Gasteiger partial charge on any atom is -0.466 e. The molecule has 2 atom stereocenters. The average Bonchev–Trinajstić information content (AvgIpc) is 2.93.